The van der Waals surface area contributed by atoms with Crippen LogP contribution in [0, 0.1) is 0 Å². The molecule has 4 atom stereocenters. The molecule has 13 nitrogen and oxygen atoms in total. The van der Waals surface area contributed by atoms with E-state index in [1.165, 1.54) is 13.8 Å². The van der Waals surface area contributed by atoms with Crippen LogP contribution >= 0.6 is 0 Å². The average molecular weight is 445 g/mol. The number of hydrogen-bond acceptors (Lipinski definition) is 7. The van der Waals surface area contributed by atoms with E-state index in [0.29, 0.717) is 25.8 Å². The molecule has 0 radical (unpaired) electrons. The van der Waals surface area contributed by atoms with Crippen LogP contribution in [-0.4, -0.2) is 72.0 Å². The highest BCUT2D eigenvalue weighted by Crippen LogP contribution is 2.02. The van der Waals surface area contributed by atoms with Gasteiger partial charge in [0.1, 0.15) is 18.1 Å². The monoisotopic (exact) mass is 444 g/mol. The zero-order valence-corrected chi connectivity index (χ0v) is 18.1. The predicted octanol–water partition coefficient (Wildman–Crippen LogP) is -2.92. The number of nitrogens with zero attached hydrogens (tertiary/aromatic N) is 1. The van der Waals surface area contributed by atoms with Crippen molar-refractivity contribution < 1.29 is 24.3 Å². The van der Waals surface area contributed by atoms with E-state index in [1.807, 2.05) is 0 Å². The van der Waals surface area contributed by atoms with Crippen LogP contribution in [0.3, 0.4) is 0 Å². The van der Waals surface area contributed by atoms with Crippen LogP contribution in [0.25, 0.3) is 0 Å². The third kappa shape index (κ3) is 12.4. The maximum Gasteiger partial charge on any atom is 0.325 e. The highest BCUT2D eigenvalue weighted by atomic mass is 16.4. The second-order valence-electron chi connectivity index (χ2n) is 7.20. The predicted molar refractivity (Wildman–Crippen MR) is 116 cm³/mol. The molecule has 0 heterocycles. The Balaban J connectivity index is 4.93. The third-order valence-electron chi connectivity index (χ3n) is 4.37. The summed E-state index contributed by atoms with van der Waals surface area (Å²) in [4.78, 5) is 51.8. The summed E-state index contributed by atoms with van der Waals surface area (Å²) in [5, 5.41) is 16.3. The largest absolute Gasteiger partial charge is 0.480 e. The third-order valence-corrected chi connectivity index (χ3v) is 4.37. The number of carboxylic acid groups (broad SMARTS) is 1. The summed E-state index contributed by atoms with van der Waals surface area (Å²) in [6.07, 6.45) is 2.36. The van der Waals surface area contributed by atoms with Gasteiger partial charge in [0, 0.05) is 6.54 Å². The van der Waals surface area contributed by atoms with Gasteiger partial charge in [-0.15, -0.1) is 0 Å². The average Bonchev–Trinajstić information content (AvgIpc) is 2.69. The van der Waals surface area contributed by atoms with Gasteiger partial charge in [0.15, 0.2) is 5.96 Å². The Morgan fingerprint density at radius 1 is 0.871 bits per heavy atom. The summed E-state index contributed by atoms with van der Waals surface area (Å²) < 4.78 is 0. The van der Waals surface area contributed by atoms with Crippen molar-refractivity contribution in [1.29, 1.82) is 0 Å². The first-order valence-electron chi connectivity index (χ1n) is 10.1. The van der Waals surface area contributed by atoms with Crippen LogP contribution in [0.1, 0.15) is 46.0 Å². The Kier molecular flexibility index (Phi) is 13.5. The molecule has 0 rings (SSSR count). The Labute approximate surface area is 181 Å². The van der Waals surface area contributed by atoms with Crippen LogP contribution in [0.15, 0.2) is 4.99 Å². The highest BCUT2D eigenvalue weighted by Gasteiger charge is 2.27. The molecule has 0 spiro atoms. The number of unbranched alkanes of at least 4 members (excludes halogenated alkanes) is 1. The second kappa shape index (κ2) is 15.0. The fourth-order valence-electron chi connectivity index (χ4n) is 2.47. The van der Waals surface area contributed by atoms with Gasteiger partial charge in [-0.1, -0.05) is 6.42 Å². The molecule has 0 aromatic heterocycles. The summed E-state index contributed by atoms with van der Waals surface area (Å²) in [6, 6.07) is -3.93. The van der Waals surface area contributed by atoms with Crippen molar-refractivity contribution in [3.63, 3.8) is 0 Å². The molecular formula is C18H36N8O5. The van der Waals surface area contributed by atoms with Crippen molar-refractivity contribution in [2.75, 3.05) is 13.1 Å². The number of amides is 3. The Morgan fingerprint density at radius 3 is 2.03 bits per heavy atom. The Hall–Kier alpha value is -2.93. The number of hydrogen-bond donors (Lipinski definition) is 8. The maximum absolute atomic E-state index is 12.5. The molecule has 4 unspecified atom stereocenters. The highest BCUT2D eigenvalue weighted by molar-refractivity contribution is 5.93. The van der Waals surface area contributed by atoms with Gasteiger partial charge in [-0.05, 0) is 46.1 Å². The van der Waals surface area contributed by atoms with Gasteiger partial charge in [0.2, 0.25) is 17.7 Å². The molecule has 12 N–H and O–H groups in total. The van der Waals surface area contributed by atoms with Crippen LogP contribution < -0.4 is 38.9 Å². The minimum absolute atomic E-state index is 0.108. The summed E-state index contributed by atoms with van der Waals surface area (Å²) in [6.45, 7) is 3.47. The van der Waals surface area contributed by atoms with Crippen molar-refractivity contribution in [1.82, 2.24) is 16.0 Å². The van der Waals surface area contributed by atoms with E-state index in [4.69, 9.17) is 28.0 Å². The molecule has 178 valence electrons. The molecule has 0 aliphatic carbocycles. The van der Waals surface area contributed by atoms with E-state index >= 15 is 0 Å². The zero-order chi connectivity index (χ0) is 24.0. The number of aliphatic imine (C=N–C) groups is 1. The van der Waals surface area contributed by atoms with Crippen molar-refractivity contribution in [2.24, 2.45) is 27.9 Å². The topological polar surface area (TPSA) is 241 Å². The van der Waals surface area contributed by atoms with E-state index in [9.17, 15) is 19.2 Å². The first-order valence-corrected chi connectivity index (χ1v) is 10.1. The van der Waals surface area contributed by atoms with E-state index in [1.54, 1.807) is 0 Å². The number of rotatable bonds is 15. The molecule has 0 saturated carbocycles. The smallest absolute Gasteiger partial charge is 0.325 e. The standard InChI is InChI=1S/C18H36N8O5/c1-10(24-15(28)12(20)6-3-4-8-19)14(27)26-13(7-5-9-23-18(21)22)16(29)25-11(2)17(30)31/h10-13H,3-9,19-20H2,1-2H3,(H,24,28)(H,25,29)(H,26,27)(H,30,31)(H4,21,22,23). The van der Waals surface area contributed by atoms with Crippen molar-refractivity contribution in [2.45, 2.75) is 70.1 Å². The van der Waals surface area contributed by atoms with E-state index < -0.39 is 47.9 Å². The number of aliphatic carboxylic acids is 1. The van der Waals surface area contributed by atoms with Gasteiger partial charge in [0.05, 0.1) is 6.04 Å². The quantitative estimate of drug-likeness (QED) is 0.0731. The summed E-state index contributed by atoms with van der Waals surface area (Å²) in [5.74, 6) is -3.11. The van der Waals surface area contributed by atoms with Gasteiger partial charge in [-0.25, -0.2) is 0 Å². The number of carbonyl (C=O) groups excluding carboxylic acids is 3. The molecule has 0 aromatic carbocycles. The minimum Gasteiger partial charge on any atom is -0.480 e. The summed E-state index contributed by atoms with van der Waals surface area (Å²) in [5.41, 5.74) is 21.7. The number of carbonyl (C=O) groups is 4. The lowest BCUT2D eigenvalue weighted by atomic mass is 10.1. The Morgan fingerprint density at radius 2 is 1.48 bits per heavy atom. The van der Waals surface area contributed by atoms with Crippen molar-refractivity contribution in [3.8, 4) is 0 Å². The van der Waals surface area contributed by atoms with E-state index in [-0.39, 0.29) is 18.9 Å². The van der Waals surface area contributed by atoms with Gasteiger partial charge < -0.3 is 44.0 Å². The SMILES string of the molecule is CC(NC(=O)C(CCCN=C(N)N)NC(=O)C(C)NC(=O)C(N)CCCCN)C(=O)O. The summed E-state index contributed by atoms with van der Waals surface area (Å²) >= 11 is 0. The normalized spacial score (nSPS) is 14.5. The van der Waals surface area contributed by atoms with Gasteiger partial charge >= 0.3 is 5.97 Å². The lowest BCUT2D eigenvalue weighted by Crippen LogP contribution is -2.56. The molecular weight excluding hydrogens is 408 g/mol. The Bertz CT molecular complexity index is 638. The minimum atomic E-state index is -1.22. The van der Waals surface area contributed by atoms with Gasteiger partial charge in [-0.3, -0.25) is 24.2 Å². The second-order valence-corrected chi connectivity index (χ2v) is 7.20. The fourth-order valence-corrected chi connectivity index (χ4v) is 2.47. The first kappa shape index (κ1) is 28.1. The fraction of sp³-hybridized carbons (Fsp3) is 0.722. The number of carboxylic acids is 1. The number of guanidine groups is 1. The van der Waals surface area contributed by atoms with Gasteiger partial charge in [-0.2, -0.15) is 0 Å². The van der Waals surface area contributed by atoms with Gasteiger partial charge in [0.25, 0.3) is 0 Å². The van der Waals surface area contributed by atoms with Crippen LogP contribution in [0.5, 0.6) is 0 Å². The molecule has 31 heavy (non-hydrogen) atoms. The number of nitrogens with one attached hydrogen (secondary N) is 3. The van der Waals surface area contributed by atoms with Crippen LogP contribution in [-0.2, 0) is 19.2 Å². The van der Waals surface area contributed by atoms with Crippen LogP contribution in [0.2, 0.25) is 0 Å². The lowest BCUT2D eigenvalue weighted by Gasteiger charge is -2.23. The molecule has 0 bridgehead atoms. The van der Waals surface area contributed by atoms with E-state index in [2.05, 4.69) is 20.9 Å². The zero-order valence-electron chi connectivity index (χ0n) is 18.1. The molecule has 3 amide bonds. The molecule has 0 fully saturated rings. The van der Waals surface area contributed by atoms with Crippen LogP contribution in [0.4, 0.5) is 0 Å². The maximum atomic E-state index is 12.5. The molecule has 13 heteroatoms. The molecule has 0 aromatic rings. The van der Waals surface area contributed by atoms with Crippen molar-refractivity contribution in [3.05, 3.63) is 0 Å². The number of nitrogens with two attached hydrogens (primary N) is 4. The molecule has 0 aliphatic rings. The van der Waals surface area contributed by atoms with E-state index in [0.717, 1.165) is 6.42 Å². The van der Waals surface area contributed by atoms with Crippen molar-refractivity contribution >= 4 is 29.7 Å². The first-order chi connectivity index (χ1) is 14.5. The summed E-state index contributed by atoms with van der Waals surface area (Å²) in [7, 11) is 0. The molecule has 0 saturated heterocycles. The molecule has 0 aliphatic heterocycles. The lowest BCUT2D eigenvalue weighted by molar-refractivity contribution is -0.141.